The van der Waals surface area contributed by atoms with E-state index in [1.165, 1.54) is 0 Å². The van der Waals surface area contributed by atoms with Crippen LogP contribution in [-0.2, 0) is 11.3 Å². The normalized spacial score (nSPS) is 10.4. The molecule has 110 valence electrons. The summed E-state index contributed by atoms with van der Waals surface area (Å²) in [5, 5.41) is 2.58. The lowest BCUT2D eigenvalue weighted by molar-refractivity contribution is 0.102. The highest BCUT2D eigenvalue weighted by Gasteiger charge is 2.14. The molecule has 0 aromatic heterocycles. The Morgan fingerprint density at radius 2 is 1.95 bits per heavy atom. The Morgan fingerprint density at radius 1 is 1.24 bits per heavy atom. The van der Waals surface area contributed by atoms with Crippen LogP contribution < -0.4 is 11.1 Å². The van der Waals surface area contributed by atoms with Crippen LogP contribution in [0.3, 0.4) is 0 Å². The van der Waals surface area contributed by atoms with E-state index < -0.39 is 17.5 Å². The van der Waals surface area contributed by atoms with Gasteiger partial charge in [-0.2, -0.15) is 0 Å². The molecule has 21 heavy (non-hydrogen) atoms. The van der Waals surface area contributed by atoms with Gasteiger partial charge in [-0.1, -0.05) is 12.1 Å². The average molecular weight is 292 g/mol. The standard InChI is InChI=1S/C15H14F2N2O2/c1-21-8-9-3-2-4-10(5-9)19-15(20)11-6-12(16)13(17)7-14(11)18/h2-7H,8,18H2,1H3,(H,19,20). The number of ether oxygens (including phenoxy) is 1. The number of anilines is 2. The fraction of sp³-hybridized carbons (Fsp3) is 0.133. The molecule has 4 nitrogen and oxygen atoms in total. The number of amides is 1. The zero-order valence-electron chi connectivity index (χ0n) is 11.3. The van der Waals surface area contributed by atoms with Crippen molar-refractivity contribution in [3.8, 4) is 0 Å². The van der Waals surface area contributed by atoms with Crippen molar-refractivity contribution >= 4 is 17.3 Å². The maximum absolute atomic E-state index is 13.2. The van der Waals surface area contributed by atoms with Crippen molar-refractivity contribution < 1.29 is 18.3 Å². The molecular weight excluding hydrogens is 278 g/mol. The van der Waals surface area contributed by atoms with Crippen molar-refractivity contribution in [2.45, 2.75) is 6.61 Å². The van der Waals surface area contributed by atoms with Gasteiger partial charge in [0.25, 0.3) is 5.91 Å². The maximum Gasteiger partial charge on any atom is 0.257 e. The van der Waals surface area contributed by atoms with Crippen LogP contribution >= 0.6 is 0 Å². The minimum Gasteiger partial charge on any atom is -0.398 e. The van der Waals surface area contributed by atoms with Crippen LogP contribution in [-0.4, -0.2) is 13.0 Å². The van der Waals surface area contributed by atoms with Crippen molar-refractivity contribution in [1.29, 1.82) is 0 Å². The summed E-state index contributed by atoms with van der Waals surface area (Å²) in [6.07, 6.45) is 0. The van der Waals surface area contributed by atoms with Crippen molar-refractivity contribution in [2.24, 2.45) is 0 Å². The second kappa shape index (κ2) is 6.32. The Morgan fingerprint density at radius 3 is 2.67 bits per heavy atom. The van der Waals surface area contributed by atoms with Gasteiger partial charge >= 0.3 is 0 Å². The fourth-order valence-corrected chi connectivity index (χ4v) is 1.86. The number of hydrogen-bond donors (Lipinski definition) is 2. The summed E-state index contributed by atoms with van der Waals surface area (Å²) in [6, 6.07) is 8.54. The number of rotatable bonds is 4. The Balaban J connectivity index is 2.22. The summed E-state index contributed by atoms with van der Waals surface area (Å²) in [6.45, 7) is 0.400. The van der Waals surface area contributed by atoms with E-state index in [0.717, 1.165) is 17.7 Å². The average Bonchev–Trinajstić information content (AvgIpc) is 2.43. The van der Waals surface area contributed by atoms with Gasteiger partial charge in [-0.3, -0.25) is 4.79 Å². The minimum atomic E-state index is -1.12. The van der Waals surface area contributed by atoms with Crippen LogP contribution in [0.2, 0.25) is 0 Å². The zero-order valence-corrected chi connectivity index (χ0v) is 11.3. The highest BCUT2D eigenvalue weighted by atomic mass is 19.2. The van der Waals surface area contributed by atoms with Gasteiger partial charge < -0.3 is 15.8 Å². The molecule has 0 saturated carbocycles. The first-order chi connectivity index (χ1) is 10.0. The minimum absolute atomic E-state index is 0.119. The molecule has 0 radical (unpaired) electrons. The molecule has 0 saturated heterocycles. The maximum atomic E-state index is 13.2. The first-order valence-electron chi connectivity index (χ1n) is 6.15. The van der Waals surface area contributed by atoms with Crippen molar-refractivity contribution in [3.63, 3.8) is 0 Å². The number of nitrogens with one attached hydrogen (secondary N) is 1. The molecular formula is C15H14F2N2O2. The van der Waals surface area contributed by atoms with E-state index in [1.807, 2.05) is 6.07 Å². The van der Waals surface area contributed by atoms with Crippen LogP contribution in [0, 0.1) is 11.6 Å². The second-order valence-corrected chi connectivity index (χ2v) is 4.44. The Bertz CT molecular complexity index is 675. The third kappa shape index (κ3) is 3.55. The fourth-order valence-electron chi connectivity index (χ4n) is 1.86. The van der Waals surface area contributed by atoms with E-state index in [0.29, 0.717) is 12.3 Å². The molecule has 0 bridgehead atoms. The second-order valence-electron chi connectivity index (χ2n) is 4.44. The lowest BCUT2D eigenvalue weighted by Gasteiger charge is -2.09. The molecule has 0 aliphatic heterocycles. The van der Waals surface area contributed by atoms with Crippen molar-refractivity contribution in [3.05, 3.63) is 59.2 Å². The largest absolute Gasteiger partial charge is 0.398 e. The van der Waals surface area contributed by atoms with E-state index in [1.54, 1.807) is 25.3 Å². The SMILES string of the molecule is COCc1cccc(NC(=O)c2cc(F)c(F)cc2N)c1. The summed E-state index contributed by atoms with van der Waals surface area (Å²) in [7, 11) is 1.56. The predicted molar refractivity (Wildman–Crippen MR) is 75.9 cm³/mol. The van der Waals surface area contributed by atoms with Crippen molar-refractivity contribution in [1.82, 2.24) is 0 Å². The summed E-state index contributed by atoms with van der Waals surface area (Å²) in [5.41, 5.74) is 6.67. The molecule has 0 unspecified atom stereocenters. The first-order valence-corrected chi connectivity index (χ1v) is 6.15. The number of carbonyl (C=O) groups is 1. The number of carbonyl (C=O) groups excluding carboxylic acids is 1. The van der Waals surface area contributed by atoms with Crippen LogP contribution in [0.1, 0.15) is 15.9 Å². The molecule has 0 aliphatic rings. The Hall–Kier alpha value is -2.47. The summed E-state index contributed by atoms with van der Waals surface area (Å²) >= 11 is 0. The molecule has 3 N–H and O–H groups in total. The third-order valence-corrected chi connectivity index (χ3v) is 2.83. The number of methoxy groups -OCH3 is 1. The van der Waals surface area contributed by atoms with Crippen LogP contribution in [0.4, 0.5) is 20.2 Å². The predicted octanol–water partition coefficient (Wildman–Crippen LogP) is 2.95. The van der Waals surface area contributed by atoms with E-state index in [9.17, 15) is 13.6 Å². The van der Waals surface area contributed by atoms with Gasteiger partial charge in [0.1, 0.15) is 0 Å². The van der Waals surface area contributed by atoms with E-state index >= 15 is 0 Å². The van der Waals surface area contributed by atoms with Gasteiger partial charge in [-0.15, -0.1) is 0 Å². The third-order valence-electron chi connectivity index (χ3n) is 2.83. The topological polar surface area (TPSA) is 64.3 Å². The van der Waals surface area contributed by atoms with Gasteiger partial charge in [-0.05, 0) is 23.8 Å². The number of nitrogens with two attached hydrogens (primary N) is 1. The van der Waals surface area contributed by atoms with E-state index in [2.05, 4.69) is 5.32 Å². The molecule has 0 aliphatic carbocycles. The Kier molecular flexibility index (Phi) is 4.49. The van der Waals surface area contributed by atoms with Crippen molar-refractivity contribution in [2.75, 3.05) is 18.2 Å². The molecule has 1 amide bonds. The molecule has 2 aromatic carbocycles. The summed E-state index contributed by atoms with van der Waals surface area (Å²) in [4.78, 5) is 12.1. The molecule has 0 fully saturated rings. The van der Waals surface area contributed by atoms with Crippen LogP contribution in [0.25, 0.3) is 0 Å². The monoisotopic (exact) mass is 292 g/mol. The Labute approximate surface area is 120 Å². The van der Waals surface area contributed by atoms with Gasteiger partial charge in [0.2, 0.25) is 0 Å². The smallest absolute Gasteiger partial charge is 0.257 e. The van der Waals surface area contributed by atoms with Gasteiger partial charge in [0, 0.05) is 24.6 Å². The number of nitrogen functional groups attached to an aromatic ring is 1. The van der Waals surface area contributed by atoms with Gasteiger partial charge in [0.15, 0.2) is 11.6 Å². The summed E-state index contributed by atoms with van der Waals surface area (Å²) < 4.78 is 31.2. The number of hydrogen-bond acceptors (Lipinski definition) is 3. The quantitative estimate of drug-likeness (QED) is 0.852. The van der Waals surface area contributed by atoms with Gasteiger partial charge in [-0.25, -0.2) is 8.78 Å². The molecule has 2 rings (SSSR count). The molecule has 0 heterocycles. The highest BCUT2D eigenvalue weighted by Crippen LogP contribution is 2.19. The van der Waals surface area contributed by atoms with E-state index in [4.69, 9.17) is 10.5 Å². The van der Waals surface area contributed by atoms with Crippen LogP contribution in [0.15, 0.2) is 36.4 Å². The summed E-state index contributed by atoms with van der Waals surface area (Å²) in [5.74, 6) is -2.82. The van der Waals surface area contributed by atoms with Gasteiger partial charge in [0.05, 0.1) is 12.2 Å². The van der Waals surface area contributed by atoms with Crippen LogP contribution in [0.5, 0.6) is 0 Å². The molecule has 6 heteroatoms. The molecule has 0 atom stereocenters. The zero-order chi connectivity index (χ0) is 15.4. The highest BCUT2D eigenvalue weighted by molar-refractivity contribution is 6.07. The molecule has 0 spiro atoms. The number of halogens is 2. The lowest BCUT2D eigenvalue weighted by atomic mass is 10.1. The lowest BCUT2D eigenvalue weighted by Crippen LogP contribution is -2.15. The van der Waals surface area contributed by atoms with E-state index in [-0.39, 0.29) is 11.3 Å². The molecule has 2 aromatic rings. The first kappa shape index (κ1) is 14.9. The number of benzene rings is 2.